The Labute approximate surface area is 226 Å². The van der Waals surface area contributed by atoms with Crippen LogP contribution < -0.4 is 15.4 Å². The number of benzene rings is 3. The maximum atomic E-state index is 13.3. The first-order chi connectivity index (χ1) is 18.5. The lowest BCUT2D eigenvalue weighted by atomic mass is 10.1. The topological polar surface area (TPSA) is 92.8 Å². The van der Waals surface area contributed by atoms with E-state index in [1.54, 1.807) is 24.3 Å². The first kappa shape index (κ1) is 26.8. The maximum Gasteiger partial charge on any atom is 0.408 e. The van der Waals surface area contributed by atoms with Crippen LogP contribution in [0.4, 0.5) is 9.80 Å². The zero-order valence-electron chi connectivity index (χ0n) is 21.3. The minimum Gasteiger partial charge on any atom is -0.489 e. The molecule has 0 aliphatic heterocycles. The number of carbonyl (C=O) groups is 2. The van der Waals surface area contributed by atoms with Crippen molar-refractivity contribution in [1.29, 1.82) is 0 Å². The number of hydrogen-bond donors (Lipinski definition) is 2. The van der Waals surface area contributed by atoms with Crippen molar-refractivity contribution in [2.45, 2.75) is 25.8 Å². The largest absolute Gasteiger partial charge is 0.489 e. The average Bonchev–Trinajstić information content (AvgIpc) is 3.36. The molecular weight excluding hydrogens is 500 g/mol. The quantitative estimate of drug-likeness (QED) is 0.270. The van der Waals surface area contributed by atoms with Gasteiger partial charge in [0.25, 0.3) is 5.91 Å². The summed E-state index contributed by atoms with van der Waals surface area (Å²) in [7, 11) is 3.90. The highest BCUT2D eigenvalue weighted by Crippen LogP contribution is 2.23. The van der Waals surface area contributed by atoms with Crippen LogP contribution in [0.5, 0.6) is 5.75 Å². The number of amides is 2. The summed E-state index contributed by atoms with van der Waals surface area (Å²) in [5, 5.41) is 6.17. The van der Waals surface area contributed by atoms with Gasteiger partial charge in [-0.2, -0.15) is 4.37 Å². The van der Waals surface area contributed by atoms with Crippen molar-refractivity contribution < 1.29 is 19.1 Å². The number of aromatic nitrogens is 1. The van der Waals surface area contributed by atoms with Gasteiger partial charge in [-0.25, -0.2) is 4.79 Å². The van der Waals surface area contributed by atoms with E-state index in [0.717, 1.165) is 16.8 Å². The molecule has 0 bridgehead atoms. The van der Waals surface area contributed by atoms with Gasteiger partial charge in [0.05, 0.1) is 5.69 Å². The molecule has 38 heavy (non-hydrogen) atoms. The smallest absolute Gasteiger partial charge is 0.408 e. The van der Waals surface area contributed by atoms with Crippen LogP contribution in [0.25, 0.3) is 0 Å². The summed E-state index contributed by atoms with van der Waals surface area (Å²) in [5.41, 5.74) is 3.34. The summed E-state index contributed by atoms with van der Waals surface area (Å²) in [6.45, 7) is 1.18. The second-order valence-electron chi connectivity index (χ2n) is 8.89. The fraction of sp³-hybridized carbons (Fsp3) is 0.207. The lowest BCUT2D eigenvalue weighted by molar-refractivity contribution is -0.118. The van der Waals surface area contributed by atoms with Gasteiger partial charge in [-0.1, -0.05) is 72.8 Å². The molecule has 0 aliphatic carbocycles. The number of hydrogen-bond acceptors (Lipinski definition) is 7. The van der Waals surface area contributed by atoms with E-state index in [1.807, 2.05) is 85.7 Å². The lowest BCUT2D eigenvalue weighted by Gasteiger charge is -2.19. The Balaban J connectivity index is 1.45. The van der Waals surface area contributed by atoms with E-state index in [1.165, 1.54) is 11.5 Å². The van der Waals surface area contributed by atoms with Crippen LogP contribution in [-0.2, 0) is 29.3 Å². The summed E-state index contributed by atoms with van der Waals surface area (Å²) in [6, 6.07) is 27.1. The standard InChI is InChI=1S/C29H30N4O4S/c1-33(2)18-24-17-26(38-32-24)30-28(34)27(31-29(35)37-20-22-11-7-4-8-12-22)23-13-15-25(16-14-23)36-19-21-9-5-3-6-10-21/h3-17,27H,18-20H2,1-2H3,(H,30,34)(H,31,35)/t27-/m1/s1. The summed E-state index contributed by atoms with van der Waals surface area (Å²) in [5.74, 6) is 0.249. The fourth-order valence-corrected chi connectivity index (χ4v) is 4.30. The predicted octanol–water partition coefficient (Wildman–Crippen LogP) is 5.39. The number of anilines is 1. The van der Waals surface area contributed by atoms with Crippen molar-refractivity contribution in [3.05, 3.63) is 113 Å². The molecule has 2 N–H and O–H groups in total. The minimum atomic E-state index is -0.985. The van der Waals surface area contributed by atoms with E-state index in [9.17, 15) is 9.59 Å². The molecule has 1 atom stereocenters. The first-order valence-corrected chi connectivity index (χ1v) is 12.9. The highest BCUT2D eigenvalue weighted by atomic mass is 32.1. The maximum absolute atomic E-state index is 13.3. The number of ether oxygens (including phenoxy) is 2. The van der Waals surface area contributed by atoms with E-state index < -0.39 is 18.0 Å². The second-order valence-corrected chi connectivity index (χ2v) is 9.70. The van der Waals surface area contributed by atoms with Crippen LogP contribution in [0, 0.1) is 0 Å². The van der Waals surface area contributed by atoms with Crippen molar-refractivity contribution in [2.24, 2.45) is 0 Å². The third-order valence-electron chi connectivity index (χ3n) is 5.48. The van der Waals surface area contributed by atoms with Gasteiger partial charge in [-0.15, -0.1) is 0 Å². The molecule has 4 rings (SSSR count). The highest BCUT2D eigenvalue weighted by molar-refractivity contribution is 7.10. The minimum absolute atomic E-state index is 0.0933. The summed E-state index contributed by atoms with van der Waals surface area (Å²) in [4.78, 5) is 28.0. The number of nitrogens with zero attached hydrogens (tertiary/aromatic N) is 2. The van der Waals surface area contributed by atoms with Crippen LogP contribution in [0.15, 0.2) is 91.0 Å². The third kappa shape index (κ3) is 8.16. The van der Waals surface area contributed by atoms with Crippen LogP contribution in [0.2, 0.25) is 0 Å². The van der Waals surface area contributed by atoms with Gasteiger partial charge < -0.3 is 25.0 Å². The molecule has 2 amide bonds. The molecule has 1 aromatic heterocycles. The summed E-state index contributed by atoms with van der Waals surface area (Å²) < 4.78 is 15.6. The normalized spacial score (nSPS) is 11.6. The van der Waals surface area contributed by atoms with Gasteiger partial charge in [-0.3, -0.25) is 4.79 Å². The fourth-order valence-electron chi connectivity index (χ4n) is 3.64. The van der Waals surface area contributed by atoms with Crippen LogP contribution in [0.1, 0.15) is 28.4 Å². The van der Waals surface area contributed by atoms with Gasteiger partial charge >= 0.3 is 6.09 Å². The van der Waals surface area contributed by atoms with Gasteiger partial charge in [0, 0.05) is 6.54 Å². The molecule has 8 nitrogen and oxygen atoms in total. The molecule has 3 aromatic carbocycles. The van der Waals surface area contributed by atoms with Crippen molar-refractivity contribution in [3.8, 4) is 5.75 Å². The third-order valence-corrected chi connectivity index (χ3v) is 6.22. The molecule has 0 fully saturated rings. The second kappa shape index (κ2) is 13.4. The van der Waals surface area contributed by atoms with Crippen molar-refractivity contribution in [2.75, 3.05) is 19.4 Å². The zero-order valence-corrected chi connectivity index (χ0v) is 22.1. The van der Waals surface area contributed by atoms with Crippen molar-refractivity contribution in [3.63, 3.8) is 0 Å². The molecule has 0 saturated heterocycles. The van der Waals surface area contributed by atoms with Crippen molar-refractivity contribution in [1.82, 2.24) is 14.6 Å². The first-order valence-electron chi connectivity index (χ1n) is 12.1. The molecular formula is C29H30N4O4S. The van der Waals surface area contributed by atoms with Crippen LogP contribution in [-0.4, -0.2) is 35.4 Å². The Morgan fingerprint density at radius 1 is 0.895 bits per heavy atom. The molecule has 0 radical (unpaired) electrons. The van der Waals surface area contributed by atoms with Crippen LogP contribution >= 0.6 is 11.5 Å². The van der Waals surface area contributed by atoms with Gasteiger partial charge in [0.15, 0.2) is 0 Å². The van der Waals surface area contributed by atoms with Gasteiger partial charge in [0.1, 0.15) is 30.0 Å². The van der Waals surface area contributed by atoms with E-state index in [-0.39, 0.29) is 6.61 Å². The molecule has 0 aliphatic rings. The number of carbonyl (C=O) groups excluding carboxylic acids is 2. The molecule has 9 heteroatoms. The monoisotopic (exact) mass is 530 g/mol. The van der Waals surface area contributed by atoms with E-state index in [2.05, 4.69) is 15.0 Å². The van der Waals surface area contributed by atoms with Crippen molar-refractivity contribution >= 4 is 28.5 Å². The van der Waals surface area contributed by atoms with Crippen LogP contribution in [0.3, 0.4) is 0 Å². The van der Waals surface area contributed by atoms with E-state index >= 15 is 0 Å². The molecule has 196 valence electrons. The predicted molar refractivity (Wildman–Crippen MR) is 148 cm³/mol. The van der Waals surface area contributed by atoms with E-state index in [4.69, 9.17) is 9.47 Å². The molecule has 0 spiro atoms. The Bertz CT molecular complexity index is 1310. The number of rotatable bonds is 11. The Kier molecular flexibility index (Phi) is 9.44. The zero-order chi connectivity index (χ0) is 26.7. The Morgan fingerprint density at radius 3 is 2.16 bits per heavy atom. The lowest BCUT2D eigenvalue weighted by Crippen LogP contribution is -2.37. The molecule has 1 heterocycles. The van der Waals surface area contributed by atoms with Gasteiger partial charge in [0.2, 0.25) is 0 Å². The number of nitrogens with one attached hydrogen (secondary N) is 2. The molecule has 0 unspecified atom stereocenters. The number of alkyl carbamates (subject to hydrolysis) is 1. The summed E-state index contributed by atoms with van der Waals surface area (Å²) in [6.07, 6.45) is -0.698. The van der Waals surface area contributed by atoms with Gasteiger partial charge in [-0.05, 0) is 60.5 Å². The highest BCUT2D eigenvalue weighted by Gasteiger charge is 2.24. The van der Waals surface area contributed by atoms with E-state index in [0.29, 0.717) is 29.5 Å². The SMILES string of the molecule is CN(C)Cc1cc(NC(=O)[C@H](NC(=O)OCc2ccccc2)c2ccc(OCc3ccccc3)cc2)sn1. The molecule has 0 saturated carbocycles. The Hall–Kier alpha value is -4.21. The summed E-state index contributed by atoms with van der Waals surface area (Å²) >= 11 is 1.19. The average molecular weight is 531 g/mol. The molecule has 4 aromatic rings. The Morgan fingerprint density at radius 2 is 1.53 bits per heavy atom.